The summed E-state index contributed by atoms with van der Waals surface area (Å²) >= 11 is 0. The SMILES string of the molecule is Cc1ccc(S(=O)(=O)N2CCNCc3ccccc32)cc1F.Cl. The van der Waals surface area contributed by atoms with E-state index in [9.17, 15) is 12.8 Å². The van der Waals surface area contributed by atoms with Crippen LogP contribution >= 0.6 is 12.4 Å². The van der Waals surface area contributed by atoms with Gasteiger partial charge in [0.05, 0.1) is 10.6 Å². The normalized spacial score (nSPS) is 14.6. The number of rotatable bonds is 2. The summed E-state index contributed by atoms with van der Waals surface area (Å²) in [6.45, 7) is 3.08. The van der Waals surface area contributed by atoms with Crippen molar-refractivity contribution in [2.75, 3.05) is 17.4 Å². The standard InChI is InChI=1S/C16H17FN2O2S.ClH/c1-12-6-7-14(10-15(12)17)22(20,21)19-9-8-18-11-13-4-2-3-5-16(13)19;/h2-7,10,18H,8-9,11H2,1H3;1H. The van der Waals surface area contributed by atoms with Crippen molar-refractivity contribution in [1.82, 2.24) is 5.32 Å². The highest BCUT2D eigenvalue weighted by molar-refractivity contribution is 7.92. The monoisotopic (exact) mass is 356 g/mol. The Labute approximate surface area is 141 Å². The quantitative estimate of drug-likeness (QED) is 0.900. The number of aryl methyl sites for hydroxylation is 1. The van der Waals surface area contributed by atoms with E-state index >= 15 is 0 Å². The maximum atomic E-state index is 13.8. The van der Waals surface area contributed by atoms with E-state index in [1.54, 1.807) is 13.0 Å². The van der Waals surface area contributed by atoms with E-state index in [1.165, 1.54) is 16.4 Å². The molecule has 0 saturated carbocycles. The lowest BCUT2D eigenvalue weighted by atomic mass is 10.2. The van der Waals surface area contributed by atoms with Crippen LogP contribution in [0, 0.1) is 12.7 Å². The zero-order valence-corrected chi connectivity index (χ0v) is 14.3. The van der Waals surface area contributed by atoms with Crippen molar-refractivity contribution in [2.45, 2.75) is 18.4 Å². The molecule has 4 nitrogen and oxygen atoms in total. The summed E-state index contributed by atoms with van der Waals surface area (Å²) in [5.74, 6) is -0.512. The van der Waals surface area contributed by atoms with Crippen molar-refractivity contribution >= 4 is 28.1 Å². The lowest BCUT2D eigenvalue weighted by molar-refractivity contribution is 0.583. The second-order valence-electron chi connectivity index (χ2n) is 5.29. The summed E-state index contributed by atoms with van der Waals surface area (Å²) < 4.78 is 40.9. The first-order chi connectivity index (χ1) is 10.5. The second kappa shape index (κ2) is 6.86. The highest BCUT2D eigenvalue weighted by atomic mass is 35.5. The van der Waals surface area contributed by atoms with Gasteiger partial charge in [-0.2, -0.15) is 0 Å². The molecule has 124 valence electrons. The number of halogens is 2. The highest BCUT2D eigenvalue weighted by Crippen LogP contribution is 2.28. The summed E-state index contributed by atoms with van der Waals surface area (Å²) in [6, 6.07) is 11.4. The summed E-state index contributed by atoms with van der Waals surface area (Å²) in [4.78, 5) is -0.0210. The lowest BCUT2D eigenvalue weighted by Gasteiger charge is -2.24. The van der Waals surface area contributed by atoms with E-state index in [-0.39, 0.29) is 17.3 Å². The summed E-state index contributed by atoms with van der Waals surface area (Å²) in [5.41, 5.74) is 1.99. The number of nitrogens with zero attached hydrogens (tertiary/aromatic N) is 1. The average Bonchev–Trinajstić information content (AvgIpc) is 2.72. The van der Waals surface area contributed by atoms with Gasteiger partial charge in [0.1, 0.15) is 5.82 Å². The lowest BCUT2D eigenvalue weighted by Crippen LogP contribution is -2.34. The minimum atomic E-state index is -3.78. The zero-order valence-electron chi connectivity index (χ0n) is 12.6. The van der Waals surface area contributed by atoms with Crippen molar-refractivity contribution in [2.24, 2.45) is 0 Å². The molecule has 0 fully saturated rings. The van der Waals surface area contributed by atoms with Gasteiger partial charge in [-0.25, -0.2) is 12.8 Å². The molecule has 3 rings (SSSR count). The number of nitrogens with one attached hydrogen (secondary N) is 1. The van der Waals surface area contributed by atoms with E-state index in [0.29, 0.717) is 30.9 Å². The minimum absolute atomic E-state index is 0. The Morgan fingerprint density at radius 1 is 1.17 bits per heavy atom. The van der Waals surface area contributed by atoms with Crippen molar-refractivity contribution in [3.05, 3.63) is 59.4 Å². The third-order valence-corrected chi connectivity index (χ3v) is 5.61. The van der Waals surface area contributed by atoms with Crippen LogP contribution in [0.4, 0.5) is 10.1 Å². The number of para-hydroxylation sites is 1. The van der Waals surface area contributed by atoms with Crippen LogP contribution in [0.5, 0.6) is 0 Å². The first-order valence-electron chi connectivity index (χ1n) is 7.07. The second-order valence-corrected chi connectivity index (χ2v) is 7.16. The Balaban J connectivity index is 0.00000192. The van der Waals surface area contributed by atoms with Gasteiger partial charge in [0.25, 0.3) is 10.0 Å². The molecule has 2 aromatic carbocycles. The number of sulfonamides is 1. The van der Waals surface area contributed by atoms with Gasteiger partial charge in [0.15, 0.2) is 0 Å². The van der Waals surface area contributed by atoms with Gasteiger partial charge in [-0.1, -0.05) is 24.3 Å². The van der Waals surface area contributed by atoms with Crippen LogP contribution in [0.2, 0.25) is 0 Å². The Hall–Kier alpha value is -1.63. The molecule has 2 aromatic rings. The third kappa shape index (κ3) is 3.34. The van der Waals surface area contributed by atoms with E-state index in [4.69, 9.17) is 0 Å². The predicted octanol–water partition coefficient (Wildman–Crippen LogP) is 2.85. The van der Waals surface area contributed by atoms with Crippen molar-refractivity contribution in [3.8, 4) is 0 Å². The largest absolute Gasteiger partial charge is 0.311 e. The molecule has 1 N–H and O–H groups in total. The molecular weight excluding hydrogens is 339 g/mol. The molecule has 0 bridgehead atoms. The molecule has 0 amide bonds. The maximum Gasteiger partial charge on any atom is 0.264 e. The average molecular weight is 357 g/mol. The summed E-state index contributed by atoms with van der Waals surface area (Å²) in [7, 11) is -3.78. The molecule has 7 heteroatoms. The molecule has 0 atom stereocenters. The molecule has 0 radical (unpaired) electrons. The van der Waals surface area contributed by atoms with Crippen LogP contribution in [-0.4, -0.2) is 21.5 Å². The van der Waals surface area contributed by atoms with Crippen molar-refractivity contribution < 1.29 is 12.8 Å². The topological polar surface area (TPSA) is 49.4 Å². The van der Waals surface area contributed by atoms with Crippen LogP contribution in [-0.2, 0) is 16.6 Å². The maximum absolute atomic E-state index is 13.8. The fourth-order valence-corrected chi connectivity index (χ4v) is 4.05. The highest BCUT2D eigenvalue weighted by Gasteiger charge is 2.28. The molecule has 0 saturated heterocycles. The van der Waals surface area contributed by atoms with E-state index in [2.05, 4.69) is 5.32 Å². The van der Waals surface area contributed by atoms with Crippen LogP contribution in [0.15, 0.2) is 47.4 Å². The number of anilines is 1. The number of hydrogen-bond acceptors (Lipinski definition) is 3. The molecule has 23 heavy (non-hydrogen) atoms. The molecular formula is C16H18ClFN2O2S. The Morgan fingerprint density at radius 3 is 2.65 bits per heavy atom. The first kappa shape index (κ1) is 17.7. The fraction of sp³-hybridized carbons (Fsp3) is 0.250. The van der Waals surface area contributed by atoms with Crippen molar-refractivity contribution in [3.63, 3.8) is 0 Å². The van der Waals surface area contributed by atoms with Gasteiger partial charge in [-0.05, 0) is 36.2 Å². The van der Waals surface area contributed by atoms with E-state index in [1.807, 2.05) is 18.2 Å². The van der Waals surface area contributed by atoms with Crippen LogP contribution in [0.3, 0.4) is 0 Å². The van der Waals surface area contributed by atoms with Gasteiger partial charge in [-0.15, -0.1) is 12.4 Å². The van der Waals surface area contributed by atoms with Crippen LogP contribution < -0.4 is 9.62 Å². The van der Waals surface area contributed by atoms with Gasteiger partial charge in [-0.3, -0.25) is 4.31 Å². The molecule has 1 aliphatic rings. The Kier molecular flexibility index (Phi) is 5.29. The van der Waals surface area contributed by atoms with E-state index in [0.717, 1.165) is 11.6 Å². The molecule has 0 spiro atoms. The van der Waals surface area contributed by atoms with Crippen LogP contribution in [0.25, 0.3) is 0 Å². The zero-order chi connectivity index (χ0) is 15.7. The number of hydrogen-bond donors (Lipinski definition) is 1. The molecule has 0 aromatic heterocycles. The molecule has 0 aliphatic carbocycles. The first-order valence-corrected chi connectivity index (χ1v) is 8.51. The van der Waals surface area contributed by atoms with Crippen LogP contribution in [0.1, 0.15) is 11.1 Å². The van der Waals surface area contributed by atoms with Gasteiger partial charge in [0.2, 0.25) is 0 Å². The van der Waals surface area contributed by atoms with Gasteiger partial charge < -0.3 is 5.32 Å². The molecule has 1 heterocycles. The Bertz CT molecular complexity index is 811. The number of fused-ring (bicyclic) bond motifs is 1. The summed E-state index contributed by atoms with van der Waals surface area (Å²) in [6.07, 6.45) is 0. The summed E-state index contributed by atoms with van der Waals surface area (Å²) in [5, 5.41) is 3.20. The predicted molar refractivity (Wildman–Crippen MR) is 91.1 cm³/mol. The van der Waals surface area contributed by atoms with Crippen molar-refractivity contribution in [1.29, 1.82) is 0 Å². The Morgan fingerprint density at radius 2 is 1.91 bits per heavy atom. The van der Waals surface area contributed by atoms with Gasteiger partial charge >= 0.3 is 0 Å². The van der Waals surface area contributed by atoms with Gasteiger partial charge in [0, 0.05) is 19.6 Å². The van der Waals surface area contributed by atoms with E-state index < -0.39 is 15.8 Å². The smallest absolute Gasteiger partial charge is 0.264 e. The molecule has 1 aliphatic heterocycles. The number of benzene rings is 2. The third-order valence-electron chi connectivity index (χ3n) is 3.80. The minimum Gasteiger partial charge on any atom is -0.311 e. The molecule has 0 unspecified atom stereocenters. The fourth-order valence-electron chi connectivity index (χ4n) is 2.54.